The molecule has 26 heavy (non-hydrogen) atoms. The highest BCUT2D eigenvalue weighted by atomic mass is 32.2. The van der Waals surface area contributed by atoms with Crippen LogP contribution in [-0.2, 0) is 11.8 Å². The van der Waals surface area contributed by atoms with Crippen molar-refractivity contribution >= 4 is 28.9 Å². The van der Waals surface area contributed by atoms with Crippen molar-refractivity contribution < 1.29 is 9.21 Å². The van der Waals surface area contributed by atoms with Gasteiger partial charge < -0.3 is 4.42 Å². The minimum Gasteiger partial charge on any atom is -0.415 e. The van der Waals surface area contributed by atoms with Gasteiger partial charge in [0.1, 0.15) is 0 Å². The van der Waals surface area contributed by atoms with Crippen molar-refractivity contribution in [3.63, 3.8) is 0 Å². The van der Waals surface area contributed by atoms with Gasteiger partial charge in [0.15, 0.2) is 5.78 Å². The van der Waals surface area contributed by atoms with Crippen LogP contribution in [-0.4, -0.2) is 21.7 Å². The van der Waals surface area contributed by atoms with Gasteiger partial charge >= 0.3 is 0 Å². The molecule has 2 aromatic heterocycles. The molecule has 0 aliphatic heterocycles. The van der Waals surface area contributed by atoms with E-state index >= 15 is 0 Å². The number of rotatable bonds is 6. The third-order valence-corrected chi connectivity index (χ3v) is 8.60. The van der Waals surface area contributed by atoms with E-state index in [0.29, 0.717) is 11.0 Å². The van der Waals surface area contributed by atoms with E-state index in [1.54, 1.807) is 11.3 Å². The molecule has 0 aromatic carbocycles. The van der Waals surface area contributed by atoms with Crippen molar-refractivity contribution in [3.8, 4) is 0 Å². The standard InChI is InChI=1S/C20H24N2O2S2/c1-2-15-3-4-17(26-15)16(23)11-25-19-22-21-18(24-19)20-8-12-5-13(9-20)7-14(6-12)10-20/h3-4,12-14H,2,5-11H2,1H3. The lowest BCUT2D eigenvalue weighted by Crippen LogP contribution is -2.48. The Morgan fingerprint density at radius 2 is 1.88 bits per heavy atom. The van der Waals surface area contributed by atoms with Crippen LogP contribution in [0.5, 0.6) is 0 Å². The summed E-state index contributed by atoms with van der Waals surface area (Å²) in [5, 5.41) is 9.24. The predicted molar refractivity (Wildman–Crippen MR) is 103 cm³/mol. The average molecular weight is 389 g/mol. The summed E-state index contributed by atoms with van der Waals surface area (Å²) in [7, 11) is 0. The van der Waals surface area contributed by atoms with Crippen LogP contribution in [0, 0.1) is 17.8 Å². The Morgan fingerprint density at radius 3 is 2.50 bits per heavy atom. The molecule has 0 spiro atoms. The second kappa shape index (κ2) is 6.48. The Hall–Kier alpha value is -1.14. The van der Waals surface area contributed by atoms with Gasteiger partial charge in [-0.15, -0.1) is 21.5 Å². The number of aryl methyl sites for hydroxylation is 1. The van der Waals surface area contributed by atoms with Crippen molar-refractivity contribution in [2.45, 2.75) is 62.5 Å². The maximum atomic E-state index is 12.4. The molecule has 0 saturated heterocycles. The van der Waals surface area contributed by atoms with Gasteiger partial charge in [-0.3, -0.25) is 4.79 Å². The molecule has 138 valence electrons. The molecule has 4 nitrogen and oxygen atoms in total. The number of hydrogen-bond donors (Lipinski definition) is 0. The molecule has 4 aliphatic rings. The van der Waals surface area contributed by atoms with Gasteiger partial charge in [-0.2, -0.15) is 0 Å². The van der Waals surface area contributed by atoms with Crippen molar-refractivity contribution in [2.75, 3.05) is 5.75 Å². The van der Waals surface area contributed by atoms with Gasteiger partial charge in [0.2, 0.25) is 5.89 Å². The Balaban J connectivity index is 1.26. The largest absolute Gasteiger partial charge is 0.415 e. The molecule has 4 fully saturated rings. The summed E-state index contributed by atoms with van der Waals surface area (Å²) in [6.07, 6.45) is 8.86. The van der Waals surface area contributed by atoms with E-state index in [1.165, 1.54) is 55.2 Å². The number of thioether (sulfide) groups is 1. The zero-order chi connectivity index (χ0) is 17.7. The number of carbonyl (C=O) groups excluding carboxylic acids is 1. The highest BCUT2D eigenvalue weighted by Gasteiger charge is 2.54. The van der Waals surface area contributed by atoms with Crippen LogP contribution >= 0.6 is 23.1 Å². The summed E-state index contributed by atoms with van der Waals surface area (Å²) in [5.74, 6) is 3.93. The first-order valence-electron chi connectivity index (χ1n) is 9.72. The lowest BCUT2D eigenvalue weighted by atomic mass is 9.49. The second-order valence-electron chi connectivity index (χ2n) is 8.40. The van der Waals surface area contributed by atoms with Crippen molar-refractivity contribution in [2.24, 2.45) is 17.8 Å². The fraction of sp³-hybridized carbons (Fsp3) is 0.650. The summed E-state index contributed by atoms with van der Waals surface area (Å²) in [6.45, 7) is 2.11. The molecule has 0 amide bonds. The maximum Gasteiger partial charge on any atom is 0.277 e. The second-order valence-corrected chi connectivity index (χ2v) is 10.5. The first kappa shape index (κ1) is 17.0. The summed E-state index contributed by atoms with van der Waals surface area (Å²) in [5.41, 5.74) is 0.133. The smallest absolute Gasteiger partial charge is 0.277 e. The number of hydrogen-bond acceptors (Lipinski definition) is 6. The van der Waals surface area contributed by atoms with Crippen LogP contribution in [0.15, 0.2) is 21.8 Å². The zero-order valence-corrected chi connectivity index (χ0v) is 16.7. The predicted octanol–water partition coefficient (Wildman–Crippen LogP) is 5.14. The van der Waals surface area contributed by atoms with Crippen molar-refractivity contribution in [3.05, 3.63) is 27.8 Å². The SMILES string of the molecule is CCc1ccc(C(=O)CSc2nnc(C34CC5CC(CC(C5)C3)C4)o2)s1. The Bertz CT molecular complexity index is 790. The van der Waals surface area contributed by atoms with E-state index in [1.807, 2.05) is 12.1 Å². The van der Waals surface area contributed by atoms with Crippen LogP contribution in [0.25, 0.3) is 0 Å². The fourth-order valence-corrected chi connectivity index (χ4v) is 7.39. The summed E-state index contributed by atoms with van der Waals surface area (Å²) < 4.78 is 6.07. The average Bonchev–Trinajstić information content (AvgIpc) is 3.28. The fourth-order valence-electron chi connectivity index (χ4n) is 5.77. The van der Waals surface area contributed by atoms with Crippen molar-refractivity contribution in [1.82, 2.24) is 10.2 Å². The van der Waals surface area contributed by atoms with Gasteiger partial charge in [0.05, 0.1) is 10.6 Å². The molecular formula is C20H24N2O2S2. The number of nitrogens with zero attached hydrogens (tertiary/aromatic N) is 2. The van der Waals surface area contributed by atoms with Crippen LogP contribution in [0.4, 0.5) is 0 Å². The van der Waals surface area contributed by atoms with Crippen LogP contribution < -0.4 is 0 Å². The van der Waals surface area contributed by atoms with E-state index in [0.717, 1.165) is 34.9 Å². The van der Waals surface area contributed by atoms with E-state index in [2.05, 4.69) is 17.1 Å². The van der Waals surface area contributed by atoms with E-state index in [4.69, 9.17) is 4.42 Å². The number of thiophene rings is 1. The molecule has 2 aromatic rings. The maximum absolute atomic E-state index is 12.4. The van der Waals surface area contributed by atoms with Gasteiger partial charge in [-0.25, -0.2) is 0 Å². The minimum absolute atomic E-state index is 0.133. The molecule has 0 N–H and O–H groups in total. The molecule has 0 radical (unpaired) electrons. The summed E-state index contributed by atoms with van der Waals surface area (Å²) in [6, 6.07) is 3.97. The Morgan fingerprint density at radius 1 is 1.19 bits per heavy atom. The molecule has 2 heterocycles. The third kappa shape index (κ3) is 2.95. The number of ketones is 1. The monoisotopic (exact) mass is 388 g/mol. The zero-order valence-electron chi connectivity index (χ0n) is 15.1. The van der Waals surface area contributed by atoms with E-state index < -0.39 is 0 Å². The molecule has 4 saturated carbocycles. The molecule has 6 heteroatoms. The van der Waals surface area contributed by atoms with Crippen LogP contribution in [0.3, 0.4) is 0 Å². The highest BCUT2D eigenvalue weighted by Crippen LogP contribution is 2.60. The molecule has 4 bridgehead atoms. The summed E-state index contributed by atoms with van der Waals surface area (Å²) >= 11 is 2.97. The first-order chi connectivity index (χ1) is 12.6. The van der Waals surface area contributed by atoms with Crippen LogP contribution in [0.2, 0.25) is 0 Å². The van der Waals surface area contributed by atoms with Gasteiger partial charge in [-0.05, 0) is 74.8 Å². The molecule has 6 rings (SSSR count). The van der Waals surface area contributed by atoms with E-state index in [-0.39, 0.29) is 11.2 Å². The van der Waals surface area contributed by atoms with Crippen molar-refractivity contribution in [1.29, 1.82) is 0 Å². The van der Waals surface area contributed by atoms with Gasteiger partial charge in [0.25, 0.3) is 5.22 Å². The molecule has 4 aliphatic carbocycles. The lowest BCUT2D eigenvalue weighted by molar-refractivity contribution is -0.0191. The van der Waals surface area contributed by atoms with Crippen LogP contribution in [0.1, 0.15) is 65.9 Å². The Kier molecular flexibility index (Phi) is 4.24. The Labute approximate surface area is 162 Å². The van der Waals surface area contributed by atoms with E-state index in [9.17, 15) is 4.79 Å². The number of carbonyl (C=O) groups is 1. The molecular weight excluding hydrogens is 364 g/mol. The minimum atomic E-state index is 0.133. The highest BCUT2D eigenvalue weighted by molar-refractivity contribution is 7.99. The quantitative estimate of drug-likeness (QED) is 0.507. The molecule has 0 unspecified atom stereocenters. The lowest BCUT2D eigenvalue weighted by Gasteiger charge is -2.55. The summed E-state index contributed by atoms with van der Waals surface area (Å²) in [4.78, 5) is 14.5. The molecule has 0 atom stereocenters. The topological polar surface area (TPSA) is 56.0 Å². The first-order valence-corrected chi connectivity index (χ1v) is 11.5. The van der Waals surface area contributed by atoms with Gasteiger partial charge in [-0.1, -0.05) is 18.7 Å². The number of aromatic nitrogens is 2. The third-order valence-electron chi connectivity index (χ3n) is 6.51. The van der Waals surface area contributed by atoms with Gasteiger partial charge in [0, 0.05) is 10.3 Å². The normalized spacial score (nSPS) is 32.3. The number of Topliss-reactive ketones (excluding diaryl/α,β-unsaturated/α-hetero) is 1.